The molecule has 1 amide bonds. The minimum Gasteiger partial charge on any atom is -0.378 e. The van der Waals surface area contributed by atoms with Crippen LogP contribution in [0.1, 0.15) is 41.6 Å². The first-order valence-electron chi connectivity index (χ1n) is 12.0. The average Bonchev–Trinajstić information content (AvgIpc) is 3.43. The third kappa shape index (κ3) is 4.80. The highest BCUT2D eigenvalue weighted by molar-refractivity contribution is 6.00. The Hall–Kier alpha value is -3.32. The van der Waals surface area contributed by atoms with Gasteiger partial charge in [-0.3, -0.25) is 4.79 Å². The van der Waals surface area contributed by atoms with Crippen LogP contribution in [-0.2, 0) is 11.3 Å². The van der Waals surface area contributed by atoms with Gasteiger partial charge in [-0.25, -0.2) is 14.4 Å². The number of nitrogens with zero attached hydrogens (tertiary/aromatic N) is 4. The number of ether oxygens (including phenoxy) is 1. The summed E-state index contributed by atoms with van der Waals surface area (Å²) < 4.78 is 20.4. The molecular weight excluding hydrogens is 431 g/mol. The zero-order valence-corrected chi connectivity index (χ0v) is 19.2. The van der Waals surface area contributed by atoms with Gasteiger partial charge in [0.1, 0.15) is 5.82 Å². The molecule has 34 heavy (non-hydrogen) atoms. The van der Waals surface area contributed by atoms with Gasteiger partial charge in [0, 0.05) is 37.4 Å². The fourth-order valence-electron chi connectivity index (χ4n) is 4.82. The fraction of sp³-hybridized carbons (Fsp3) is 0.370. The van der Waals surface area contributed by atoms with Crippen LogP contribution in [0.5, 0.6) is 0 Å². The number of carbonyl (C=O) groups excluding carboxylic acids is 1. The first-order valence-corrected chi connectivity index (χ1v) is 12.0. The van der Waals surface area contributed by atoms with Gasteiger partial charge in [0.15, 0.2) is 0 Å². The number of carbonyl (C=O) groups is 1. The second-order valence-corrected chi connectivity index (χ2v) is 8.87. The Bertz CT molecular complexity index is 1130. The van der Waals surface area contributed by atoms with Crippen molar-refractivity contribution in [2.75, 3.05) is 31.2 Å². The normalized spacial score (nSPS) is 16.6. The van der Waals surface area contributed by atoms with E-state index in [0.29, 0.717) is 55.6 Å². The summed E-state index contributed by atoms with van der Waals surface area (Å²) in [5, 5.41) is 0. The van der Waals surface area contributed by atoms with Crippen LogP contribution in [0.25, 0.3) is 11.3 Å². The SMILES string of the molecule is O=C(c1cnc(N2CCOCC2)nc1-c1ccccc1F)N(Cc1ccccc1)C1CCCC1. The molecule has 2 aromatic carbocycles. The fourth-order valence-corrected chi connectivity index (χ4v) is 4.82. The Labute approximate surface area is 199 Å². The molecule has 3 aromatic rings. The minimum absolute atomic E-state index is 0.150. The third-order valence-corrected chi connectivity index (χ3v) is 6.65. The topological polar surface area (TPSA) is 58.6 Å². The van der Waals surface area contributed by atoms with Gasteiger partial charge >= 0.3 is 0 Å². The van der Waals surface area contributed by atoms with Gasteiger partial charge in [-0.1, -0.05) is 55.3 Å². The highest BCUT2D eigenvalue weighted by atomic mass is 19.1. The Kier molecular flexibility index (Phi) is 6.81. The summed E-state index contributed by atoms with van der Waals surface area (Å²) >= 11 is 0. The van der Waals surface area contributed by atoms with E-state index in [1.54, 1.807) is 24.4 Å². The first-order chi connectivity index (χ1) is 16.7. The summed E-state index contributed by atoms with van der Waals surface area (Å²) in [7, 11) is 0. The molecule has 2 aliphatic rings. The molecule has 2 heterocycles. The second-order valence-electron chi connectivity index (χ2n) is 8.87. The molecule has 0 radical (unpaired) electrons. The number of hydrogen-bond acceptors (Lipinski definition) is 5. The molecule has 1 aliphatic carbocycles. The number of amides is 1. The molecule has 6 nitrogen and oxygen atoms in total. The molecule has 1 aliphatic heterocycles. The number of halogens is 1. The van der Waals surface area contributed by atoms with Gasteiger partial charge in [0.25, 0.3) is 5.91 Å². The van der Waals surface area contributed by atoms with Crippen LogP contribution in [0.3, 0.4) is 0 Å². The van der Waals surface area contributed by atoms with Crippen LogP contribution in [0, 0.1) is 5.82 Å². The quantitative estimate of drug-likeness (QED) is 0.534. The lowest BCUT2D eigenvalue weighted by Gasteiger charge is -2.30. The van der Waals surface area contributed by atoms with Crippen LogP contribution in [0.2, 0.25) is 0 Å². The second kappa shape index (κ2) is 10.3. The molecule has 0 spiro atoms. The van der Waals surface area contributed by atoms with E-state index in [1.807, 2.05) is 40.1 Å². The van der Waals surface area contributed by atoms with Gasteiger partial charge in [-0.2, -0.15) is 0 Å². The largest absolute Gasteiger partial charge is 0.378 e. The smallest absolute Gasteiger partial charge is 0.258 e. The maximum atomic E-state index is 14.9. The summed E-state index contributed by atoms with van der Waals surface area (Å²) in [6, 6.07) is 16.6. The molecule has 2 fully saturated rings. The third-order valence-electron chi connectivity index (χ3n) is 6.65. The molecule has 0 N–H and O–H groups in total. The van der Waals surface area contributed by atoms with Crippen molar-refractivity contribution in [2.45, 2.75) is 38.3 Å². The predicted octanol–water partition coefficient (Wildman–Crippen LogP) is 4.70. The molecule has 1 aromatic heterocycles. The van der Waals surface area contributed by atoms with Crippen molar-refractivity contribution in [1.82, 2.24) is 14.9 Å². The van der Waals surface area contributed by atoms with E-state index in [-0.39, 0.29) is 11.9 Å². The van der Waals surface area contributed by atoms with Crippen LogP contribution in [0.4, 0.5) is 10.3 Å². The van der Waals surface area contributed by atoms with Gasteiger partial charge in [-0.15, -0.1) is 0 Å². The number of aromatic nitrogens is 2. The van der Waals surface area contributed by atoms with Crippen molar-refractivity contribution in [3.63, 3.8) is 0 Å². The van der Waals surface area contributed by atoms with E-state index in [1.165, 1.54) is 6.07 Å². The Balaban J connectivity index is 1.56. The van der Waals surface area contributed by atoms with Crippen molar-refractivity contribution in [3.8, 4) is 11.3 Å². The minimum atomic E-state index is -0.404. The number of rotatable bonds is 6. The van der Waals surface area contributed by atoms with Crippen molar-refractivity contribution in [1.29, 1.82) is 0 Å². The van der Waals surface area contributed by atoms with Gasteiger partial charge < -0.3 is 14.5 Å². The lowest BCUT2D eigenvalue weighted by Crippen LogP contribution is -2.39. The summed E-state index contributed by atoms with van der Waals surface area (Å²) in [6.45, 7) is 3.00. The van der Waals surface area contributed by atoms with E-state index in [2.05, 4.69) is 4.98 Å². The Morgan fingerprint density at radius 2 is 1.74 bits per heavy atom. The lowest BCUT2D eigenvalue weighted by molar-refractivity contribution is 0.0664. The molecule has 0 atom stereocenters. The zero-order chi connectivity index (χ0) is 23.3. The van der Waals surface area contributed by atoms with Gasteiger partial charge in [-0.05, 0) is 30.5 Å². The van der Waals surface area contributed by atoms with Crippen LogP contribution in [0.15, 0.2) is 60.8 Å². The number of hydrogen-bond donors (Lipinski definition) is 0. The van der Waals surface area contributed by atoms with Crippen molar-refractivity contribution in [2.24, 2.45) is 0 Å². The monoisotopic (exact) mass is 460 g/mol. The Morgan fingerprint density at radius 1 is 1.03 bits per heavy atom. The lowest BCUT2D eigenvalue weighted by atomic mass is 10.0. The predicted molar refractivity (Wildman–Crippen MR) is 129 cm³/mol. The molecule has 0 bridgehead atoms. The van der Waals surface area contributed by atoms with Crippen molar-refractivity contribution >= 4 is 11.9 Å². The molecular formula is C27H29FN4O2. The maximum absolute atomic E-state index is 14.9. The number of benzene rings is 2. The first kappa shape index (κ1) is 22.5. The zero-order valence-electron chi connectivity index (χ0n) is 19.2. The standard InChI is InChI=1S/C27H29FN4O2/c28-24-13-7-6-12-22(24)25-23(18-29-27(30-25)31-14-16-34-17-15-31)26(33)32(21-10-4-5-11-21)19-20-8-2-1-3-9-20/h1-3,6-9,12-13,18,21H,4-5,10-11,14-17,19H2. The van der Waals surface area contributed by atoms with E-state index < -0.39 is 5.82 Å². The summed E-state index contributed by atoms with van der Waals surface area (Å²) in [5.41, 5.74) is 2.07. The van der Waals surface area contributed by atoms with Gasteiger partial charge in [0.2, 0.25) is 5.95 Å². The molecule has 1 saturated carbocycles. The van der Waals surface area contributed by atoms with Crippen molar-refractivity contribution < 1.29 is 13.9 Å². The van der Waals surface area contributed by atoms with E-state index in [4.69, 9.17) is 9.72 Å². The van der Waals surface area contributed by atoms with Crippen LogP contribution < -0.4 is 4.90 Å². The summed E-state index contributed by atoms with van der Waals surface area (Å²) in [6.07, 6.45) is 5.74. The van der Waals surface area contributed by atoms with Crippen molar-refractivity contribution in [3.05, 3.63) is 77.7 Å². The Morgan fingerprint density at radius 3 is 2.47 bits per heavy atom. The van der Waals surface area contributed by atoms with E-state index in [9.17, 15) is 9.18 Å². The van der Waals surface area contributed by atoms with Crippen LogP contribution in [-0.4, -0.2) is 53.1 Å². The molecule has 176 valence electrons. The molecule has 5 rings (SSSR count). The van der Waals surface area contributed by atoms with E-state index in [0.717, 1.165) is 31.2 Å². The summed E-state index contributed by atoms with van der Waals surface area (Å²) in [4.78, 5) is 27.2. The highest BCUT2D eigenvalue weighted by Gasteiger charge is 2.31. The average molecular weight is 461 g/mol. The maximum Gasteiger partial charge on any atom is 0.258 e. The van der Waals surface area contributed by atoms with Gasteiger partial charge in [0.05, 0.1) is 24.5 Å². The van der Waals surface area contributed by atoms with E-state index >= 15 is 0 Å². The molecule has 1 saturated heterocycles. The highest BCUT2D eigenvalue weighted by Crippen LogP contribution is 2.31. The van der Waals surface area contributed by atoms with Crippen LogP contribution >= 0.6 is 0 Å². The summed E-state index contributed by atoms with van der Waals surface area (Å²) in [5.74, 6) is -0.0604. The molecule has 7 heteroatoms. The number of anilines is 1. The molecule has 0 unspecified atom stereocenters. The number of morpholine rings is 1.